The summed E-state index contributed by atoms with van der Waals surface area (Å²) in [6, 6.07) is 5.99. The maximum Gasteiger partial charge on any atom is 0.231 e. The molecule has 0 fully saturated rings. The largest absolute Gasteiger partial charge is 0.454 e. The van der Waals surface area contributed by atoms with Crippen LogP contribution in [0.15, 0.2) is 32.2 Å². The lowest BCUT2D eigenvalue weighted by Crippen LogP contribution is -2.36. The molecular weight excluding hydrogens is 412 g/mol. The van der Waals surface area contributed by atoms with Crippen LogP contribution >= 0.6 is 15.9 Å². The number of nitrogens with one attached hydrogen (secondary N) is 2. The molecule has 0 spiro atoms. The fourth-order valence-corrected chi connectivity index (χ4v) is 3.62. The Hall–Kier alpha value is -2.22. The van der Waals surface area contributed by atoms with Crippen molar-refractivity contribution in [2.45, 2.75) is 45.7 Å². The van der Waals surface area contributed by atoms with Crippen LogP contribution in [0, 0.1) is 0 Å². The molecule has 0 bridgehead atoms. The monoisotopic (exact) mass is 436 g/mol. The van der Waals surface area contributed by atoms with Crippen LogP contribution < -0.4 is 20.1 Å². The highest BCUT2D eigenvalue weighted by molar-refractivity contribution is 9.10. The maximum atomic E-state index is 5.45. The van der Waals surface area contributed by atoms with Gasteiger partial charge in [-0.2, -0.15) is 0 Å². The summed E-state index contributed by atoms with van der Waals surface area (Å²) in [6.45, 7) is 5.72. The molecule has 146 valence electrons. The molecule has 2 N–H and O–H groups in total. The van der Waals surface area contributed by atoms with Gasteiger partial charge in [-0.25, -0.2) is 0 Å². The number of nitrogens with zero attached hydrogens (tertiary/aromatic N) is 2. The molecule has 8 heteroatoms. The first-order valence-corrected chi connectivity index (χ1v) is 9.91. The normalized spacial score (nSPS) is 13.3. The smallest absolute Gasteiger partial charge is 0.231 e. The minimum atomic E-state index is 0.254. The SMILES string of the molecule is CCC(CC)c1cc(CNC(=NC)NCc2cc(Br)c3c(c2)OCO3)on1. The highest BCUT2D eigenvalue weighted by Crippen LogP contribution is 2.39. The number of ether oxygens (including phenoxy) is 2. The van der Waals surface area contributed by atoms with E-state index in [1.807, 2.05) is 18.2 Å². The van der Waals surface area contributed by atoms with Gasteiger partial charge in [0, 0.05) is 25.6 Å². The van der Waals surface area contributed by atoms with E-state index in [0.29, 0.717) is 25.0 Å². The van der Waals surface area contributed by atoms with Crippen molar-refractivity contribution >= 4 is 21.9 Å². The van der Waals surface area contributed by atoms with E-state index in [4.69, 9.17) is 14.0 Å². The number of fused-ring (bicyclic) bond motifs is 1. The molecule has 1 aliphatic heterocycles. The second-order valence-corrected chi connectivity index (χ2v) is 7.18. The number of benzene rings is 1. The molecule has 0 unspecified atom stereocenters. The first-order valence-electron chi connectivity index (χ1n) is 9.12. The van der Waals surface area contributed by atoms with E-state index < -0.39 is 0 Å². The standard InChI is InChI=1S/C19H25BrN4O3/c1-4-13(5-2)16-8-14(27-24-16)10-23-19(21-3)22-9-12-6-15(20)18-17(7-12)25-11-26-18/h6-8,13H,4-5,9-11H2,1-3H3,(H2,21,22,23). The Bertz CT molecular complexity index is 802. The average molecular weight is 437 g/mol. The average Bonchev–Trinajstić information content (AvgIpc) is 3.33. The van der Waals surface area contributed by atoms with E-state index in [9.17, 15) is 0 Å². The molecule has 3 rings (SSSR count). The van der Waals surface area contributed by atoms with Crippen molar-refractivity contribution in [3.63, 3.8) is 0 Å². The van der Waals surface area contributed by atoms with Crippen LogP contribution in [0.3, 0.4) is 0 Å². The molecular formula is C19H25BrN4O3. The molecule has 1 aliphatic rings. The molecule has 2 heterocycles. The number of hydrogen-bond donors (Lipinski definition) is 2. The molecule has 1 aromatic carbocycles. The zero-order valence-corrected chi connectivity index (χ0v) is 17.4. The van der Waals surface area contributed by atoms with Crippen molar-refractivity contribution in [3.05, 3.63) is 39.7 Å². The Morgan fingerprint density at radius 3 is 2.70 bits per heavy atom. The first kappa shape index (κ1) is 19.5. The molecule has 0 saturated heterocycles. The van der Waals surface area contributed by atoms with Gasteiger partial charge in [0.1, 0.15) is 0 Å². The second-order valence-electron chi connectivity index (χ2n) is 6.32. The quantitative estimate of drug-likeness (QED) is 0.505. The van der Waals surface area contributed by atoms with Gasteiger partial charge in [-0.15, -0.1) is 0 Å². The van der Waals surface area contributed by atoms with Crippen molar-refractivity contribution in [2.24, 2.45) is 4.99 Å². The van der Waals surface area contributed by atoms with Crippen LogP contribution in [-0.2, 0) is 13.1 Å². The fourth-order valence-electron chi connectivity index (χ4n) is 3.01. The third kappa shape index (κ3) is 4.74. The molecule has 0 saturated carbocycles. The van der Waals surface area contributed by atoms with E-state index in [1.165, 1.54) is 0 Å². The number of guanidine groups is 1. The van der Waals surface area contributed by atoms with Crippen molar-refractivity contribution in [2.75, 3.05) is 13.8 Å². The Kier molecular flexibility index (Phi) is 6.60. The third-order valence-electron chi connectivity index (χ3n) is 4.58. The van der Waals surface area contributed by atoms with E-state index in [0.717, 1.165) is 45.8 Å². The van der Waals surface area contributed by atoms with Gasteiger partial charge in [-0.05, 0) is 46.5 Å². The lowest BCUT2D eigenvalue weighted by atomic mass is 9.99. The molecule has 0 radical (unpaired) electrons. The summed E-state index contributed by atoms with van der Waals surface area (Å²) in [5.74, 6) is 3.43. The molecule has 2 aromatic rings. The van der Waals surface area contributed by atoms with Gasteiger partial charge in [0.05, 0.1) is 16.7 Å². The van der Waals surface area contributed by atoms with Crippen molar-refractivity contribution in [1.82, 2.24) is 15.8 Å². The predicted octanol–water partition coefficient (Wildman–Crippen LogP) is 3.93. The summed E-state index contributed by atoms with van der Waals surface area (Å²) in [7, 11) is 1.74. The third-order valence-corrected chi connectivity index (χ3v) is 5.17. The van der Waals surface area contributed by atoms with Crippen LogP contribution in [0.5, 0.6) is 11.5 Å². The van der Waals surface area contributed by atoms with Crippen molar-refractivity contribution in [3.8, 4) is 11.5 Å². The molecule has 0 aliphatic carbocycles. The molecule has 7 nitrogen and oxygen atoms in total. The van der Waals surface area contributed by atoms with Crippen LogP contribution in [0.4, 0.5) is 0 Å². The van der Waals surface area contributed by atoms with Crippen molar-refractivity contribution in [1.29, 1.82) is 0 Å². The van der Waals surface area contributed by atoms with Crippen LogP contribution in [0.2, 0.25) is 0 Å². The molecule has 27 heavy (non-hydrogen) atoms. The zero-order valence-electron chi connectivity index (χ0n) is 15.8. The highest BCUT2D eigenvalue weighted by Gasteiger charge is 2.18. The van der Waals surface area contributed by atoms with E-state index >= 15 is 0 Å². The van der Waals surface area contributed by atoms with Crippen LogP contribution in [0.1, 0.15) is 49.6 Å². The van der Waals surface area contributed by atoms with Gasteiger partial charge in [0.25, 0.3) is 0 Å². The van der Waals surface area contributed by atoms with E-state index in [1.54, 1.807) is 7.05 Å². The fraction of sp³-hybridized carbons (Fsp3) is 0.474. The minimum absolute atomic E-state index is 0.254. The Morgan fingerprint density at radius 1 is 1.19 bits per heavy atom. The Morgan fingerprint density at radius 2 is 1.96 bits per heavy atom. The zero-order chi connectivity index (χ0) is 19.2. The van der Waals surface area contributed by atoms with Crippen LogP contribution in [-0.4, -0.2) is 25.0 Å². The molecule has 0 atom stereocenters. The van der Waals surface area contributed by atoms with Gasteiger partial charge >= 0.3 is 0 Å². The van der Waals surface area contributed by atoms with Gasteiger partial charge in [0.15, 0.2) is 23.2 Å². The summed E-state index contributed by atoms with van der Waals surface area (Å²) >= 11 is 3.51. The minimum Gasteiger partial charge on any atom is -0.454 e. The lowest BCUT2D eigenvalue weighted by Gasteiger charge is -2.11. The lowest BCUT2D eigenvalue weighted by molar-refractivity contribution is 0.173. The van der Waals surface area contributed by atoms with Gasteiger partial charge in [0.2, 0.25) is 6.79 Å². The van der Waals surface area contributed by atoms with Gasteiger partial charge < -0.3 is 24.6 Å². The van der Waals surface area contributed by atoms with E-state index in [-0.39, 0.29) is 6.79 Å². The Labute approximate surface area is 167 Å². The maximum absolute atomic E-state index is 5.45. The summed E-state index contributed by atoms with van der Waals surface area (Å²) in [4.78, 5) is 4.25. The van der Waals surface area contributed by atoms with Gasteiger partial charge in [-0.1, -0.05) is 19.0 Å². The van der Waals surface area contributed by atoms with Crippen molar-refractivity contribution < 1.29 is 14.0 Å². The van der Waals surface area contributed by atoms with Gasteiger partial charge in [-0.3, -0.25) is 4.99 Å². The Balaban J connectivity index is 1.54. The number of hydrogen-bond acceptors (Lipinski definition) is 5. The van der Waals surface area contributed by atoms with E-state index in [2.05, 4.69) is 50.6 Å². The number of aromatic nitrogens is 1. The number of aliphatic imine (C=N–C) groups is 1. The summed E-state index contributed by atoms with van der Waals surface area (Å²) in [5, 5.41) is 10.7. The summed E-state index contributed by atoms with van der Waals surface area (Å²) in [5.41, 5.74) is 2.08. The van der Waals surface area contributed by atoms with Crippen LogP contribution in [0.25, 0.3) is 0 Å². The number of halogens is 1. The second kappa shape index (κ2) is 9.12. The first-order chi connectivity index (χ1) is 13.1. The molecule has 0 amide bonds. The predicted molar refractivity (Wildman–Crippen MR) is 107 cm³/mol. The highest BCUT2D eigenvalue weighted by atomic mass is 79.9. The topological polar surface area (TPSA) is 80.9 Å². The summed E-state index contributed by atoms with van der Waals surface area (Å²) in [6.07, 6.45) is 2.12. The molecule has 1 aromatic heterocycles. The number of rotatable bonds is 7. The summed E-state index contributed by atoms with van der Waals surface area (Å²) < 4.78 is 17.2.